The molecule has 0 aromatic heterocycles. The first-order valence-corrected chi connectivity index (χ1v) is 10.4. The van der Waals surface area contributed by atoms with Crippen LogP contribution in [0.4, 0.5) is 0 Å². The number of quaternary nitrogens is 1. The molecule has 8 atom stereocenters. The molecular weight excluding hydrogens is 296 g/mol. The monoisotopic (exact) mass is 331 g/mol. The van der Waals surface area contributed by atoms with Gasteiger partial charge in [-0.1, -0.05) is 13.8 Å². The summed E-state index contributed by atoms with van der Waals surface area (Å²) in [6.45, 7) is 5.73. The normalized spacial score (nSPS) is 53.6. The van der Waals surface area contributed by atoms with E-state index in [1.807, 2.05) is 0 Å². The molecule has 4 aliphatic carbocycles. The third-order valence-electron chi connectivity index (χ3n) is 9.21. The number of hydrogen-bond donors (Lipinski definition) is 2. The van der Waals surface area contributed by atoms with Crippen molar-refractivity contribution in [2.45, 2.75) is 83.8 Å². The Morgan fingerprint density at radius 2 is 1.75 bits per heavy atom. The van der Waals surface area contributed by atoms with Gasteiger partial charge in [0.05, 0.1) is 12.1 Å². The number of nitrogens with two attached hydrogens (primary N) is 1. The number of nitrogens with zero attached hydrogens (tertiary/aromatic N) is 1. The highest BCUT2D eigenvalue weighted by Gasteiger charge is 2.61. The van der Waals surface area contributed by atoms with E-state index < -0.39 is 0 Å². The lowest BCUT2D eigenvalue weighted by Crippen LogP contribution is -2.92. The molecular formula is C21H35N2O+. The van der Waals surface area contributed by atoms with Crippen LogP contribution in [-0.2, 0) is 0 Å². The van der Waals surface area contributed by atoms with E-state index >= 15 is 0 Å². The first kappa shape index (κ1) is 16.9. The number of aliphatic hydroxyl groups excluding tert-OH is 1. The van der Waals surface area contributed by atoms with E-state index in [1.54, 1.807) is 0 Å². The van der Waals surface area contributed by atoms with Crippen LogP contribution < -0.4 is 5.32 Å². The third kappa shape index (κ3) is 2.36. The van der Waals surface area contributed by atoms with Gasteiger partial charge in [0.25, 0.3) is 0 Å². The highest BCUT2D eigenvalue weighted by molar-refractivity contribution is 5.09. The summed E-state index contributed by atoms with van der Waals surface area (Å²) < 4.78 is 0. The molecule has 3 heteroatoms. The Balaban J connectivity index is 1.55. The summed E-state index contributed by atoms with van der Waals surface area (Å²) in [6.07, 6.45) is 11.5. The summed E-state index contributed by atoms with van der Waals surface area (Å²) >= 11 is 0. The van der Waals surface area contributed by atoms with Crippen LogP contribution in [0.3, 0.4) is 0 Å². The largest absolute Gasteiger partial charge is 0.393 e. The Labute approximate surface area is 147 Å². The van der Waals surface area contributed by atoms with Crippen LogP contribution in [0.25, 0.3) is 0 Å². The fourth-order valence-electron chi connectivity index (χ4n) is 7.86. The molecule has 4 aliphatic rings. The van der Waals surface area contributed by atoms with Gasteiger partial charge in [-0.2, -0.15) is 5.26 Å². The van der Waals surface area contributed by atoms with Gasteiger partial charge in [0, 0.05) is 11.8 Å². The van der Waals surface area contributed by atoms with Crippen LogP contribution in [0.2, 0.25) is 0 Å². The van der Waals surface area contributed by atoms with E-state index in [2.05, 4.69) is 25.2 Å². The van der Waals surface area contributed by atoms with Crippen LogP contribution in [0.5, 0.6) is 0 Å². The van der Waals surface area contributed by atoms with E-state index in [1.165, 1.54) is 44.9 Å². The van der Waals surface area contributed by atoms with Gasteiger partial charge in [-0.05, 0) is 80.5 Å². The molecule has 0 radical (unpaired) electrons. The fraction of sp³-hybridized carbons (Fsp3) is 0.952. The first-order chi connectivity index (χ1) is 11.5. The first-order valence-electron chi connectivity index (χ1n) is 10.4. The summed E-state index contributed by atoms with van der Waals surface area (Å²) in [5.74, 6) is 3.42. The topological polar surface area (TPSA) is 60.6 Å². The molecule has 0 heterocycles. The second-order valence-corrected chi connectivity index (χ2v) is 9.91. The number of rotatable bonds is 2. The van der Waals surface area contributed by atoms with Crippen LogP contribution in [0, 0.1) is 45.8 Å². The maximum atomic E-state index is 10.1. The molecule has 0 aliphatic heterocycles. The molecule has 0 spiro atoms. The van der Waals surface area contributed by atoms with Crippen molar-refractivity contribution in [3.8, 4) is 6.07 Å². The van der Waals surface area contributed by atoms with Gasteiger partial charge < -0.3 is 10.4 Å². The molecule has 3 nitrogen and oxygen atoms in total. The van der Waals surface area contributed by atoms with Crippen molar-refractivity contribution < 1.29 is 10.4 Å². The van der Waals surface area contributed by atoms with Crippen molar-refractivity contribution in [3.05, 3.63) is 0 Å². The maximum absolute atomic E-state index is 10.1. The van der Waals surface area contributed by atoms with Gasteiger partial charge >= 0.3 is 0 Å². The molecule has 4 fully saturated rings. The number of hydrogen-bond acceptors (Lipinski definition) is 2. The zero-order valence-corrected chi connectivity index (χ0v) is 15.5. The molecule has 0 unspecified atom stereocenters. The highest BCUT2D eigenvalue weighted by atomic mass is 16.3. The zero-order chi connectivity index (χ0) is 16.9. The minimum absolute atomic E-state index is 0.0371. The summed E-state index contributed by atoms with van der Waals surface area (Å²) in [7, 11) is 0. The molecule has 0 bridgehead atoms. The Kier molecular flexibility index (Phi) is 4.21. The second-order valence-electron chi connectivity index (χ2n) is 9.91. The van der Waals surface area contributed by atoms with Gasteiger partial charge in [0.1, 0.15) is 6.07 Å². The molecule has 4 rings (SSSR count). The minimum Gasteiger partial charge on any atom is -0.393 e. The SMILES string of the molecule is C[C@]12CC[C@@H](O)C[C@@H]1CC[C@@H]1[C@H]2CC[C@@]2(C)[C@@H]1CC[C@H]2[NH2+]CC#N. The van der Waals surface area contributed by atoms with E-state index in [0.717, 1.165) is 36.5 Å². The Bertz CT molecular complexity index is 528. The third-order valence-corrected chi connectivity index (χ3v) is 9.21. The molecule has 0 saturated heterocycles. The molecule has 0 amide bonds. The predicted molar refractivity (Wildman–Crippen MR) is 93.9 cm³/mol. The standard InChI is InChI=1S/C21H34N2O/c1-20-9-7-15(24)13-14(20)3-4-16-17-5-6-19(23-12-11-22)21(17,2)10-8-18(16)20/h14-19,23-24H,3-10,12-13H2,1-2H3/p+1/t14-,15+,16-,17+,18+,19+,20-,21-/m0/s1. The molecule has 0 aromatic rings. The predicted octanol–water partition coefficient (Wildman–Crippen LogP) is 2.85. The van der Waals surface area contributed by atoms with Gasteiger partial charge in [-0.25, -0.2) is 0 Å². The quantitative estimate of drug-likeness (QED) is 0.764. The number of aliphatic hydroxyl groups is 1. The fourth-order valence-corrected chi connectivity index (χ4v) is 7.86. The summed E-state index contributed by atoms with van der Waals surface area (Å²) in [6, 6.07) is 3.00. The lowest BCUT2D eigenvalue weighted by atomic mass is 9.45. The summed E-state index contributed by atoms with van der Waals surface area (Å²) in [5, 5.41) is 21.5. The van der Waals surface area contributed by atoms with Gasteiger partial charge in [0.15, 0.2) is 6.54 Å². The van der Waals surface area contributed by atoms with Crippen LogP contribution in [0.1, 0.15) is 71.6 Å². The van der Waals surface area contributed by atoms with Crippen molar-refractivity contribution in [2.75, 3.05) is 6.54 Å². The van der Waals surface area contributed by atoms with Gasteiger partial charge in [-0.3, -0.25) is 0 Å². The van der Waals surface area contributed by atoms with Crippen molar-refractivity contribution >= 4 is 0 Å². The number of fused-ring (bicyclic) bond motifs is 5. The van der Waals surface area contributed by atoms with Crippen LogP contribution in [0.15, 0.2) is 0 Å². The average Bonchev–Trinajstić information content (AvgIpc) is 2.90. The summed E-state index contributed by atoms with van der Waals surface area (Å²) in [4.78, 5) is 0. The highest BCUT2D eigenvalue weighted by Crippen LogP contribution is 2.65. The second kappa shape index (κ2) is 5.99. The molecule has 3 N–H and O–H groups in total. The molecule has 4 saturated carbocycles. The van der Waals surface area contributed by atoms with E-state index in [4.69, 9.17) is 5.26 Å². The smallest absolute Gasteiger partial charge is 0.163 e. The van der Waals surface area contributed by atoms with Crippen molar-refractivity contribution in [3.63, 3.8) is 0 Å². The average molecular weight is 332 g/mol. The number of nitriles is 1. The van der Waals surface area contributed by atoms with Crippen LogP contribution >= 0.6 is 0 Å². The van der Waals surface area contributed by atoms with Crippen molar-refractivity contribution in [2.24, 2.45) is 34.5 Å². The summed E-state index contributed by atoms with van der Waals surface area (Å²) in [5.41, 5.74) is 0.938. The maximum Gasteiger partial charge on any atom is 0.163 e. The van der Waals surface area contributed by atoms with Crippen molar-refractivity contribution in [1.82, 2.24) is 0 Å². The molecule has 134 valence electrons. The van der Waals surface area contributed by atoms with E-state index in [-0.39, 0.29) is 6.10 Å². The Hall–Kier alpha value is -0.590. The molecule has 24 heavy (non-hydrogen) atoms. The Morgan fingerprint density at radius 1 is 1.00 bits per heavy atom. The lowest BCUT2D eigenvalue weighted by Gasteiger charge is -2.60. The van der Waals surface area contributed by atoms with E-state index in [9.17, 15) is 5.11 Å². The minimum atomic E-state index is -0.0371. The zero-order valence-electron chi connectivity index (χ0n) is 15.5. The van der Waals surface area contributed by atoms with Gasteiger partial charge in [0.2, 0.25) is 0 Å². The lowest BCUT2D eigenvalue weighted by molar-refractivity contribution is -0.692. The Morgan fingerprint density at radius 3 is 2.54 bits per heavy atom. The van der Waals surface area contributed by atoms with E-state index in [0.29, 0.717) is 23.4 Å². The molecule has 0 aromatic carbocycles. The van der Waals surface area contributed by atoms with Crippen LogP contribution in [-0.4, -0.2) is 23.8 Å². The van der Waals surface area contributed by atoms with Crippen molar-refractivity contribution in [1.29, 1.82) is 5.26 Å². The van der Waals surface area contributed by atoms with Gasteiger partial charge in [-0.15, -0.1) is 0 Å².